The zero-order valence-electron chi connectivity index (χ0n) is 13.0. The first-order valence-corrected chi connectivity index (χ1v) is 16.4. The molecule has 1 heterocycles. The summed E-state index contributed by atoms with van der Waals surface area (Å²) < 4.78 is 5.93. The second-order valence-corrected chi connectivity index (χ2v) is 19.9. The summed E-state index contributed by atoms with van der Waals surface area (Å²) in [7, 11) is 0. The zero-order chi connectivity index (χ0) is 14.1. The summed E-state index contributed by atoms with van der Waals surface area (Å²) >= 11 is -0.397. The third kappa shape index (κ3) is 4.96. The molecular weight excluding hydrogens is 357 g/mol. The van der Waals surface area contributed by atoms with Gasteiger partial charge in [-0.15, -0.1) is 0 Å². The van der Waals surface area contributed by atoms with Gasteiger partial charge in [0.05, 0.1) is 0 Å². The van der Waals surface area contributed by atoms with E-state index in [-0.39, 0.29) is 0 Å². The van der Waals surface area contributed by atoms with Crippen molar-refractivity contribution in [3.63, 3.8) is 0 Å². The first-order valence-electron chi connectivity index (χ1n) is 7.73. The van der Waals surface area contributed by atoms with Crippen LogP contribution >= 0.6 is 11.8 Å². The Morgan fingerprint density at radius 1 is 1.05 bits per heavy atom. The van der Waals surface area contributed by atoms with E-state index < -0.39 is 18.4 Å². The number of nitrogens with zero attached hydrogens (tertiary/aromatic N) is 1. The van der Waals surface area contributed by atoms with E-state index in [9.17, 15) is 0 Å². The Labute approximate surface area is 127 Å². The molecule has 0 saturated carbocycles. The van der Waals surface area contributed by atoms with Gasteiger partial charge in [-0.3, -0.25) is 0 Å². The van der Waals surface area contributed by atoms with E-state index >= 15 is 0 Å². The quantitative estimate of drug-likeness (QED) is 0.434. The Kier molecular flexibility index (Phi) is 8.47. The maximum atomic E-state index is 4.87. The van der Waals surface area contributed by atoms with Gasteiger partial charge in [-0.2, -0.15) is 0 Å². The Morgan fingerprint density at radius 2 is 1.68 bits per heavy atom. The molecule has 0 amide bonds. The third-order valence-corrected chi connectivity index (χ3v) is 20.2. The molecule has 19 heavy (non-hydrogen) atoms. The monoisotopic (exact) mass is 387 g/mol. The molecule has 3 heteroatoms. The second kappa shape index (κ2) is 9.27. The van der Waals surface area contributed by atoms with E-state index in [1.165, 1.54) is 47.6 Å². The number of hydrogen-bond acceptors (Lipinski definition) is 2. The molecule has 0 aliphatic rings. The molecule has 0 spiro atoms. The molecule has 1 aromatic heterocycles. The van der Waals surface area contributed by atoms with Crippen LogP contribution in [-0.2, 0) is 0 Å². The molecule has 1 aromatic rings. The van der Waals surface area contributed by atoms with Crippen LogP contribution in [0.5, 0.6) is 0 Å². The van der Waals surface area contributed by atoms with Gasteiger partial charge in [0, 0.05) is 0 Å². The normalized spacial score (nSPS) is 11.8. The summed E-state index contributed by atoms with van der Waals surface area (Å²) in [6, 6.07) is 4.64. The van der Waals surface area contributed by atoms with Crippen LogP contribution in [0, 0.1) is 0 Å². The fourth-order valence-electron chi connectivity index (χ4n) is 2.76. The van der Waals surface area contributed by atoms with Crippen molar-refractivity contribution >= 4 is 33.8 Å². The van der Waals surface area contributed by atoms with Crippen LogP contribution in [0.3, 0.4) is 0 Å². The van der Waals surface area contributed by atoms with Gasteiger partial charge in [-0.05, 0) is 0 Å². The molecule has 0 N–H and O–H groups in total. The molecule has 0 aliphatic carbocycles. The molecule has 0 aromatic carbocycles. The van der Waals surface area contributed by atoms with Gasteiger partial charge in [0.2, 0.25) is 0 Å². The topological polar surface area (TPSA) is 12.9 Å². The van der Waals surface area contributed by atoms with Crippen LogP contribution in [0.2, 0.25) is 13.3 Å². The number of thioether (sulfide) groups is 1. The van der Waals surface area contributed by atoms with Gasteiger partial charge in [0.15, 0.2) is 0 Å². The van der Waals surface area contributed by atoms with E-state index in [2.05, 4.69) is 45.4 Å². The van der Waals surface area contributed by atoms with Crippen molar-refractivity contribution in [1.82, 2.24) is 4.98 Å². The molecule has 108 valence electrons. The number of pyridine rings is 1. The van der Waals surface area contributed by atoms with E-state index in [0.717, 1.165) is 0 Å². The Balaban J connectivity index is 2.96. The Bertz CT molecular complexity index is 342. The van der Waals surface area contributed by atoms with Crippen molar-refractivity contribution in [2.24, 2.45) is 0 Å². The summed E-state index contributed by atoms with van der Waals surface area (Å²) in [5.74, 6) is 0. The Morgan fingerprint density at radius 3 is 2.05 bits per heavy atom. The predicted molar refractivity (Wildman–Crippen MR) is 91.3 cm³/mol. The van der Waals surface area contributed by atoms with Crippen LogP contribution in [-0.4, -0.2) is 29.6 Å². The Hall–Kier alpha value is 0.299. The van der Waals surface area contributed by atoms with E-state index in [1.807, 2.05) is 0 Å². The minimum absolute atomic E-state index is 1.30. The van der Waals surface area contributed by atoms with Crippen molar-refractivity contribution in [1.29, 1.82) is 0 Å². The van der Waals surface area contributed by atoms with Crippen molar-refractivity contribution < 1.29 is 0 Å². The summed E-state index contributed by atoms with van der Waals surface area (Å²) in [5, 5.41) is 0. The van der Waals surface area contributed by atoms with Crippen molar-refractivity contribution in [2.45, 2.75) is 64.7 Å². The number of rotatable bonds is 9. The minimum atomic E-state index is -2.19. The first kappa shape index (κ1) is 17.4. The summed E-state index contributed by atoms with van der Waals surface area (Å²) in [4.78, 5) is 6.17. The molecule has 0 radical (unpaired) electrons. The molecule has 0 aliphatic heterocycles. The van der Waals surface area contributed by atoms with Gasteiger partial charge in [-0.25, -0.2) is 0 Å². The van der Waals surface area contributed by atoms with Crippen molar-refractivity contribution in [3.05, 3.63) is 18.3 Å². The number of hydrogen-bond donors (Lipinski definition) is 0. The molecule has 0 unspecified atom stereocenters. The van der Waals surface area contributed by atoms with E-state index in [1.54, 1.807) is 11.8 Å². The first-order chi connectivity index (χ1) is 9.22. The zero-order valence-corrected chi connectivity index (χ0v) is 16.7. The van der Waals surface area contributed by atoms with Crippen LogP contribution < -0.4 is 3.71 Å². The third-order valence-electron chi connectivity index (χ3n) is 4.21. The van der Waals surface area contributed by atoms with Crippen molar-refractivity contribution in [3.8, 4) is 0 Å². The second-order valence-electron chi connectivity index (χ2n) is 5.42. The van der Waals surface area contributed by atoms with Crippen LogP contribution in [0.4, 0.5) is 0 Å². The average molecular weight is 386 g/mol. The van der Waals surface area contributed by atoms with E-state index in [0.29, 0.717) is 0 Å². The summed E-state index contributed by atoms with van der Waals surface area (Å²) in [6.45, 7) is 7.05. The molecule has 0 atom stereocenters. The van der Waals surface area contributed by atoms with Gasteiger partial charge in [0.1, 0.15) is 0 Å². The molecule has 1 nitrogen and oxygen atoms in total. The summed E-state index contributed by atoms with van der Waals surface area (Å²) in [6.07, 6.45) is 9.68. The van der Waals surface area contributed by atoms with Crippen molar-refractivity contribution in [2.75, 3.05) is 6.26 Å². The van der Waals surface area contributed by atoms with Gasteiger partial charge < -0.3 is 0 Å². The predicted octanol–water partition coefficient (Wildman–Crippen LogP) is 5.08. The molecule has 0 bridgehead atoms. The van der Waals surface area contributed by atoms with Crippen LogP contribution in [0.1, 0.15) is 46.5 Å². The van der Waals surface area contributed by atoms with Gasteiger partial charge in [-0.1, -0.05) is 0 Å². The standard InChI is InChI=1S/C6H6NS.2C4H9.C2H5.Sn/c1-8-6-3-2-4-7-5-6;2*1-3-4-2;1-2;/h2-3,5H,1H3;2*1,3-4H2,2H3;1H2,2H3;. The molecular formula is C16H29NSSn. The maximum absolute atomic E-state index is 4.87. The SMILES string of the molecule is CCC[CH2][Sn]([CH2]C)([CH2]CCC)[c]1ccc(SC)cn1. The number of aromatic nitrogens is 1. The van der Waals surface area contributed by atoms with Crippen LogP contribution in [0.25, 0.3) is 0 Å². The molecule has 0 saturated heterocycles. The fraction of sp³-hybridized carbons (Fsp3) is 0.688. The summed E-state index contributed by atoms with van der Waals surface area (Å²) in [5.41, 5.74) is 0. The fourth-order valence-corrected chi connectivity index (χ4v) is 16.4. The molecule has 0 fully saturated rings. The van der Waals surface area contributed by atoms with Gasteiger partial charge >= 0.3 is 128 Å². The van der Waals surface area contributed by atoms with Gasteiger partial charge in [0.25, 0.3) is 0 Å². The molecule has 1 rings (SSSR count). The van der Waals surface area contributed by atoms with Crippen LogP contribution in [0.15, 0.2) is 23.2 Å². The van der Waals surface area contributed by atoms with E-state index in [4.69, 9.17) is 4.98 Å². The average Bonchev–Trinajstić information content (AvgIpc) is 2.48. The number of unbranched alkanes of at least 4 members (excludes halogenated alkanes) is 2.